The van der Waals surface area contributed by atoms with E-state index >= 15 is 0 Å². The standard InChI is InChI=1S/C16H13Cl2FN2O3S/c17-11-7-4-9(8-14(11)25(23,24)21-10-5-6-10)16(22)20-13-3-1-2-12(18)15(13)19/h1-4,7-8,10,21H,5-6H2,(H,20,22). The van der Waals surface area contributed by atoms with Crippen LogP contribution in [0.25, 0.3) is 0 Å². The molecule has 0 aliphatic heterocycles. The molecule has 0 saturated heterocycles. The zero-order valence-corrected chi connectivity index (χ0v) is 15.1. The van der Waals surface area contributed by atoms with Gasteiger partial charge in [0.15, 0.2) is 5.82 Å². The highest BCUT2D eigenvalue weighted by atomic mass is 35.5. The summed E-state index contributed by atoms with van der Waals surface area (Å²) in [5.74, 6) is -1.45. The lowest BCUT2D eigenvalue weighted by Gasteiger charge is -2.11. The smallest absolute Gasteiger partial charge is 0.255 e. The molecule has 132 valence electrons. The second-order valence-electron chi connectivity index (χ2n) is 5.60. The van der Waals surface area contributed by atoms with Crippen LogP contribution in [0.1, 0.15) is 23.2 Å². The fraction of sp³-hybridized carbons (Fsp3) is 0.188. The number of benzene rings is 2. The van der Waals surface area contributed by atoms with Crippen molar-refractivity contribution in [1.29, 1.82) is 0 Å². The SMILES string of the molecule is O=C(Nc1cccc(Cl)c1F)c1ccc(Cl)c(S(=O)(=O)NC2CC2)c1. The highest BCUT2D eigenvalue weighted by Gasteiger charge is 2.29. The molecule has 9 heteroatoms. The Labute approximate surface area is 154 Å². The van der Waals surface area contributed by atoms with Gasteiger partial charge in [0.1, 0.15) is 4.90 Å². The van der Waals surface area contributed by atoms with Crippen LogP contribution < -0.4 is 10.0 Å². The second-order valence-corrected chi connectivity index (χ2v) is 8.09. The lowest BCUT2D eigenvalue weighted by Crippen LogP contribution is -2.26. The summed E-state index contributed by atoms with van der Waals surface area (Å²) in [6.07, 6.45) is 1.54. The lowest BCUT2D eigenvalue weighted by molar-refractivity contribution is 0.102. The second kappa shape index (κ2) is 6.92. The van der Waals surface area contributed by atoms with Gasteiger partial charge in [0, 0.05) is 11.6 Å². The van der Waals surface area contributed by atoms with Crippen LogP contribution in [-0.4, -0.2) is 20.4 Å². The molecule has 0 heterocycles. The molecule has 1 aliphatic rings. The predicted molar refractivity (Wildman–Crippen MR) is 94.2 cm³/mol. The van der Waals surface area contributed by atoms with Gasteiger partial charge in [-0.3, -0.25) is 4.79 Å². The van der Waals surface area contributed by atoms with Gasteiger partial charge in [-0.15, -0.1) is 0 Å². The lowest BCUT2D eigenvalue weighted by atomic mass is 10.2. The molecule has 0 unspecified atom stereocenters. The van der Waals surface area contributed by atoms with Gasteiger partial charge in [0.05, 0.1) is 15.7 Å². The van der Waals surface area contributed by atoms with Crippen LogP contribution in [0.3, 0.4) is 0 Å². The molecule has 1 amide bonds. The van der Waals surface area contributed by atoms with Crippen molar-refractivity contribution in [2.75, 3.05) is 5.32 Å². The van der Waals surface area contributed by atoms with Gasteiger partial charge in [0.25, 0.3) is 5.91 Å². The Balaban J connectivity index is 1.88. The molecule has 1 fully saturated rings. The Kier molecular flexibility index (Phi) is 5.02. The van der Waals surface area contributed by atoms with Crippen molar-refractivity contribution in [3.63, 3.8) is 0 Å². The van der Waals surface area contributed by atoms with Crippen LogP contribution in [-0.2, 0) is 10.0 Å². The number of hydrogen-bond acceptors (Lipinski definition) is 3. The molecule has 3 rings (SSSR count). The first-order valence-corrected chi connectivity index (χ1v) is 9.59. The van der Waals surface area contributed by atoms with Crippen LogP contribution in [0, 0.1) is 5.82 Å². The van der Waals surface area contributed by atoms with E-state index in [0.717, 1.165) is 18.9 Å². The normalized spacial score (nSPS) is 14.4. The fourth-order valence-corrected chi connectivity index (χ4v) is 4.13. The average Bonchev–Trinajstić information content (AvgIpc) is 3.35. The molecule has 0 spiro atoms. The summed E-state index contributed by atoms with van der Waals surface area (Å²) in [6.45, 7) is 0. The molecule has 2 N–H and O–H groups in total. The minimum atomic E-state index is -3.83. The molecule has 1 aliphatic carbocycles. The fourth-order valence-electron chi connectivity index (χ4n) is 2.13. The Hall–Kier alpha value is -1.67. The molecule has 2 aromatic carbocycles. The summed E-state index contributed by atoms with van der Waals surface area (Å²) in [7, 11) is -3.83. The van der Waals surface area contributed by atoms with Crippen molar-refractivity contribution in [2.45, 2.75) is 23.8 Å². The molecule has 25 heavy (non-hydrogen) atoms. The van der Waals surface area contributed by atoms with Crippen LogP contribution in [0.2, 0.25) is 10.0 Å². The third-order valence-corrected chi connectivity index (χ3v) is 5.88. The average molecular weight is 403 g/mol. The Morgan fingerprint density at radius 1 is 1.12 bits per heavy atom. The Morgan fingerprint density at radius 2 is 1.84 bits per heavy atom. The summed E-state index contributed by atoms with van der Waals surface area (Å²) in [5, 5.41) is 2.23. The first-order valence-electron chi connectivity index (χ1n) is 7.35. The maximum Gasteiger partial charge on any atom is 0.255 e. The predicted octanol–water partition coefficient (Wildman–Crippen LogP) is 3.83. The van der Waals surface area contributed by atoms with Gasteiger partial charge in [-0.05, 0) is 43.2 Å². The van der Waals surface area contributed by atoms with E-state index < -0.39 is 21.7 Å². The van der Waals surface area contributed by atoms with Crippen molar-refractivity contribution < 1.29 is 17.6 Å². The molecule has 0 aromatic heterocycles. The molecule has 2 aromatic rings. The number of sulfonamides is 1. The van der Waals surface area contributed by atoms with Crippen molar-refractivity contribution in [3.05, 3.63) is 57.8 Å². The van der Waals surface area contributed by atoms with E-state index in [1.54, 1.807) is 0 Å². The largest absolute Gasteiger partial charge is 0.319 e. The molecular formula is C16H13Cl2FN2O3S. The third-order valence-electron chi connectivity index (χ3n) is 3.58. The van der Waals surface area contributed by atoms with Crippen molar-refractivity contribution in [1.82, 2.24) is 4.72 Å². The van der Waals surface area contributed by atoms with E-state index in [-0.39, 0.29) is 32.2 Å². The number of hydrogen-bond donors (Lipinski definition) is 2. The van der Waals surface area contributed by atoms with E-state index in [0.29, 0.717) is 0 Å². The number of amides is 1. The number of anilines is 1. The molecule has 5 nitrogen and oxygen atoms in total. The van der Waals surface area contributed by atoms with Crippen LogP contribution in [0.5, 0.6) is 0 Å². The Morgan fingerprint density at radius 3 is 2.52 bits per heavy atom. The zero-order chi connectivity index (χ0) is 18.2. The maximum absolute atomic E-state index is 13.9. The van der Waals surface area contributed by atoms with E-state index in [1.165, 1.54) is 30.3 Å². The summed E-state index contributed by atoms with van der Waals surface area (Å²) < 4.78 is 41.0. The van der Waals surface area contributed by atoms with Crippen molar-refractivity contribution in [3.8, 4) is 0 Å². The monoisotopic (exact) mass is 402 g/mol. The summed E-state index contributed by atoms with van der Waals surface area (Å²) in [6, 6.07) is 7.91. The van der Waals surface area contributed by atoms with Crippen molar-refractivity contribution >= 4 is 44.8 Å². The minimum absolute atomic E-state index is 0.00126. The highest BCUT2D eigenvalue weighted by molar-refractivity contribution is 7.89. The molecular weight excluding hydrogens is 390 g/mol. The van der Waals surface area contributed by atoms with Gasteiger partial charge < -0.3 is 5.32 Å². The van der Waals surface area contributed by atoms with Gasteiger partial charge in [-0.25, -0.2) is 17.5 Å². The molecule has 0 atom stereocenters. The van der Waals surface area contributed by atoms with E-state index in [4.69, 9.17) is 23.2 Å². The first kappa shape index (κ1) is 18.1. The van der Waals surface area contributed by atoms with E-state index in [9.17, 15) is 17.6 Å². The van der Waals surface area contributed by atoms with Gasteiger partial charge >= 0.3 is 0 Å². The quantitative estimate of drug-likeness (QED) is 0.797. The summed E-state index contributed by atoms with van der Waals surface area (Å²) in [5.41, 5.74) is -0.0760. The third kappa shape index (κ3) is 4.12. The maximum atomic E-state index is 13.9. The van der Waals surface area contributed by atoms with E-state index in [1.807, 2.05) is 0 Å². The summed E-state index contributed by atoms with van der Waals surface area (Å²) in [4.78, 5) is 12.1. The van der Waals surface area contributed by atoms with Gasteiger partial charge in [0.2, 0.25) is 10.0 Å². The Bertz CT molecular complexity index is 946. The number of carbonyl (C=O) groups is 1. The minimum Gasteiger partial charge on any atom is -0.319 e. The van der Waals surface area contributed by atoms with Gasteiger partial charge in [-0.1, -0.05) is 29.3 Å². The van der Waals surface area contributed by atoms with Crippen LogP contribution >= 0.6 is 23.2 Å². The highest BCUT2D eigenvalue weighted by Crippen LogP contribution is 2.28. The number of carbonyl (C=O) groups excluding carboxylic acids is 1. The molecule has 0 radical (unpaired) electrons. The number of halogens is 3. The zero-order valence-electron chi connectivity index (χ0n) is 12.7. The van der Waals surface area contributed by atoms with Crippen molar-refractivity contribution in [2.24, 2.45) is 0 Å². The topological polar surface area (TPSA) is 75.3 Å². The van der Waals surface area contributed by atoms with Gasteiger partial charge in [-0.2, -0.15) is 0 Å². The van der Waals surface area contributed by atoms with Crippen LogP contribution in [0.15, 0.2) is 41.3 Å². The summed E-state index contributed by atoms with van der Waals surface area (Å²) >= 11 is 11.6. The van der Waals surface area contributed by atoms with Crippen LogP contribution in [0.4, 0.5) is 10.1 Å². The molecule has 1 saturated carbocycles. The number of rotatable bonds is 5. The molecule has 0 bridgehead atoms. The first-order chi connectivity index (χ1) is 11.8. The number of nitrogens with one attached hydrogen (secondary N) is 2. The van der Waals surface area contributed by atoms with E-state index in [2.05, 4.69) is 10.0 Å².